The second-order valence-corrected chi connectivity index (χ2v) is 7.12. The van der Waals surface area contributed by atoms with Crippen molar-refractivity contribution < 1.29 is 13.2 Å². The molecular formula is C18H15ClF3N9O. The molecule has 0 aliphatic carbocycles. The van der Waals surface area contributed by atoms with Gasteiger partial charge in [-0.15, -0.1) is 0 Å². The SMILES string of the molecule is C[C@H](Nc1nc(N)nc(N)c1Cl)c1nc2cccc(C(F)(F)F)c2c(=O)n1-c1ccn[nH]1. The van der Waals surface area contributed by atoms with Gasteiger partial charge in [0, 0.05) is 6.07 Å². The predicted molar refractivity (Wildman–Crippen MR) is 112 cm³/mol. The van der Waals surface area contributed by atoms with E-state index < -0.39 is 28.7 Å². The fraction of sp³-hybridized carbons (Fsp3) is 0.167. The quantitative estimate of drug-likeness (QED) is 0.359. The van der Waals surface area contributed by atoms with Crippen LogP contribution in [0.2, 0.25) is 5.02 Å². The molecule has 6 N–H and O–H groups in total. The molecule has 3 aromatic heterocycles. The number of aromatic nitrogens is 6. The summed E-state index contributed by atoms with van der Waals surface area (Å²) in [5, 5.41) is 8.70. The number of halogens is 4. The monoisotopic (exact) mass is 465 g/mol. The van der Waals surface area contributed by atoms with Gasteiger partial charge in [0.05, 0.1) is 28.7 Å². The molecule has 0 saturated heterocycles. The van der Waals surface area contributed by atoms with Gasteiger partial charge in [0.1, 0.15) is 22.5 Å². The molecule has 0 radical (unpaired) electrons. The number of benzene rings is 1. The molecule has 1 aromatic carbocycles. The summed E-state index contributed by atoms with van der Waals surface area (Å²) in [4.78, 5) is 25.4. The number of nitrogens with one attached hydrogen (secondary N) is 2. The fourth-order valence-corrected chi connectivity index (χ4v) is 3.37. The van der Waals surface area contributed by atoms with Gasteiger partial charge in [-0.05, 0) is 19.1 Å². The summed E-state index contributed by atoms with van der Waals surface area (Å²) < 4.78 is 41.7. The van der Waals surface area contributed by atoms with Gasteiger partial charge in [0.2, 0.25) is 5.95 Å². The van der Waals surface area contributed by atoms with E-state index in [4.69, 9.17) is 23.1 Å². The van der Waals surface area contributed by atoms with E-state index in [1.807, 2.05) is 0 Å². The van der Waals surface area contributed by atoms with Crippen LogP contribution in [0.5, 0.6) is 0 Å². The van der Waals surface area contributed by atoms with Gasteiger partial charge in [-0.25, -0.2) is 9.55 Å². The van der Waals surface area contributed by atoms with Gasteiger partial charge < -0.3 is 16.8 Å². The average Bonchev–Trinajstić information content (AvgIpc) is 3.24. The Hall–Kier alpha value is -3.87. The highest BCUT2D eigenvalue weighted by atomic mass is 35.5. The number of aromatic amines is 1. The molecule has 0 aliphatic heterocycles. The van der Waals surface area contributed by atoms with E-state index in [0.717, 1.165) is 10.6 Å². The second-order valence-electron chi connectivity index (χ2n) is 6.75. The minimum atomic E-state index is -4.75. The van der Waals surface area contributed by atoms with E-state index in [9.17, 15) is 18.0 Å². The summed E-state index contributed by atoms with van der Waals surface area (Å²) >= 11 is 6.14. The molecule has 0 unspecified atom stereocenters. The van der Waals surface area contributed by atoms with Crippen molar-refractivity contribution in [1.29, 1.82) is 0 Å². The number of anilines is 3. The number of H-pyrrole nitrogens is 1. The van der Waals surface area contributed by atoms with Crippen LogP contribution in [0, 0.1) is 0 Å². The van der Waals surface area contributed by atoms with Gasteiger partial charge in [0.25, 0.3) is 5.56 Å². The number of nitrogens with two attached hydrogens (primary N) is 2. The fourth-order valence-electron chi connectivity index (χ4n) is 3.23. The average molecular weight is 466 g/mol. The Morgan fingerprint density at radius 3 is 2.59 bits per heavy atom. The van der Waals surface area contributed by atoms with Crippen molar-refractivity contribution >= 4 is 40.1 Å². The Balaban J connectivity index is 1.95. The molecule has 0 amide bonds. The smallest absolute Gasteiger partial charge is 0.382 e. The topological polar surface area (TPSA) is 153 Å². The molecule has 32 heavy (non-hydrogen) atoms. The van der Waals surface area contributed by atoms with E-state index in [0.29, 0.717) is 0 Å². The number of alkyl halides is 3. The van der Waals surface area contributed by atoms with Crippen molar-refractivity contribution in [2.45, 2.75) is 19.1 Å². The summed E-state index contributed by atoms with van der Waals surface area (Å²) in [6.07, 6.45) is -3.40. The highest BCUT2D eigenvalue weighted by Gasteiger charge is 2.35. The molecule has 0 saturated carbocycles. The maximum atomic E-state index is 13.6. The zero-order valence-corrected chi connectivity index (χ0v) is 17.0. The number of fused-ring (bicyclic) bond motifs is 1. The molecular weight excluding hydrogens is 451 g/mol. The summed E-state index contributed by atoms with van der Waals surface area (Å²) in [6, 6.07) is 3.98. The summed E-state index contributed by atoms with van der Waals surface area (Å²) in [6.45, 7) is 1.61. The highest BCUT2D eigenvalue weighted by molar-refractivity contribution is 6.35. The first-order chi connectivity index (χ1) is 15.1. The molecule has 166 valence electrons. The lowest BCUT2D eigenvalue weighted by Gasteiger charge is -2.20. The maximum Gasteiger partial charge on any atom is 0.417 e. The molecule has 4 aromatic rings. The van der Waals surface area contributed by atoms with Crippen molar-refractivity contribution in [3.8, 4) is 5.82 Å². The van der Waals surface area contributed by atoms with Gasteiger partial charge >= 0.3 is 6.18 Å². The van der Waals surface area contributed by atoms with Crippen molar-refractivity contribution in [2.75, 3.05) is 16.8 Å². The Morgan fingerprint density at radius 2 is 1.94 bits per heavy atom. The van der Waals surface area contributed by atoms with Gasteiger partial charge in [0.15, 0.2) is 5.82 Å². The standard InChI is InChI=1S/C18H15ClF3N9O/c1-7(26-14-12(19)13(23)28-17(24)29-14)15-27-9-4-2-3-8(18(20,21)22)11(9)16(32)31(15)10-5-6-25-30-10/h2-7H,1H3,(H,25,30)(H5,23,24,26,28,29)/t7-/m0/s1. The lowest BCUT2D eigenvalue weighted by atomic mass is 10.1. The van der Waals surface area contributed by atoms with Gasteiger partial charge in [-0.3, -0.25) is 9.89 Å². The van der Waals surface area contributed by atoms with Crippen LogP contribution in [0.15, 0.2) is 35.3 Å². The number of nitrogens with zero attached hydrogens (tertiary/aromatic N) is 5. The van der Waals surface area contributed by atoms with Crippen LogP contribution in [-0.4, -0.2) is 29.7 Å². The number of hydrogen-bond donors (Lipinski definition) is 4. The zero-order valence-electron chi connectivity index (χ0n) is 16.3. The first-order valence-electron chi connectivity index (χ1n) is 9.05. The molecule has 0 fully saturated rings. The third kappa shape index (κ3) is 3.66. The van der Waals surface area contributed by atoms with E-state index >= 15 is 0 Å². The van der Waals surface area contributed by atoms with Crippen LogP contribution in [0.1, 0.15) is 24.4 Å². The molecule has 0 bridgehead atoms. The lowest BCUT2D eigenvalue weighted by Crippen LogP contribution is -2.29. The third-order valence-electron chi connectivity index (χ3n) is 4.59. The normalized spacial score (nSPS) is 12.8. The second kappa shape index (κ2) is 7.67. The Morgan fingerprint density at radius 1 is 1.19 bits per heavy atom. The van der Waals surface area contributed by atoms with Crippen LogP contribution < -0.4 is 22.3 Å². The molecule has 0 aliphatic rings. The number of nitrogen functional groups attached to an aromatic ring is 2. The van der Waals surface area contributed by atoms with Gasteiger partial charge in [-0.1, -0.05) is 17.7 Å². The minimum Gasteiger partial charge on any atom is -0.382 e. The molecule has 10 nitrogen and oxygen atoms in total. The summed E-state index contributed by atoms with van der Waals surface area (Å²) in [7, 11) is 0. The lowest BCUT2D eigenvalue weighted by molar-refractivity contribution is -0.136. The largest absolute Gasteiger partial charge is 0.417 e. The van der Waals surface area contributed by atoms with E-state index in [2.05, 4.69) is 30.5 Å². The van der Waals surface area contributed by atoms with Crippen LogP contribution >= 0.6 is 11.6 Å². The maximum absolute atomic E-state index is 13.6. The van der Waals surface area contributed by atoms with E-state index in [-0.39, 0.29) is 39.8 Å². The first-order valence-corrected chi connectivity index (χ1v) is 9.43. The van der Waals surface area contributed by atoms with Gasteiger partial charge in [-0.2, -0.15) is 28.2 Å². The molecule has 14 heteroatoms. The Bertz CT molecular complexity index is 1370. The van der Waals surface area contributed by atoms with Crippen LogP contribution in [0.4, 0.5) is 30.8 Å². The van der Waals surface area contributed by atoms with Crippen molar-refractivity contribution in [2.24, 2.45) is 0 Å². The van der Waals surface area contributed by atoms with Crippen molar-refractivity contribution in [1.82, 2.24) is 29.7 Å². The molecule has 3 heterocycles. The third-order valence-corrected chi connectivity index (χ3v) is 4.96. The van der Waals surface area contributed by atoms with Crippen LogP contribution in [-0.2, 0) is 6.18 Å². The van der Waals surface area contributed by atoms with Crippen LogP contribution in [0.3, 0.4) is 0 Å². The summed E-state index contributed by atoms with van der Waals surface area (Å²) in [5.74, 6) is 0.0458. The predicted octanol–water partition coefficient (Wildman–Crippen LogP) is 2.91. The molecule has 0 spiro atoms. The van der Waals surface area contributed by atoms with Crippen LogP contribution in [0.25, 0.3) is 16.7 Å². The first kappa shape index (κ1) is 21.4. The van der Waals surface area contributed by atoms with E-state index in [1.54, 1.807) is 6.92 Å². The molecule has 4 rings (SSSR count). The summed E-state index contributed by atoms with van der Waals surface area (Å²) in [5.41, 5.74) is 9.17. The van der Waals surface area contributed by atoms with E-state index in [1.165, 1.54) is 24.4 Å². The minimum absolute atomic E-state index is 0.0124. The zero-order chi connectivity index (χ0) is 23.2. The number of hydrogen-bond acceptors (Lipinski definition) is 8. The Labute approximate surface area is 182 Å². The number of rotatable bonds is 4. The van der Waals surface area contributed by atoms with Crippen molar-refractivity contribution in [3.63, 3.8) is 0 Å². The Kier molecular flexibility index (Phi) is 5.12. The molecule has 1 atom stereocenters. The highest BCUT2D eigenvalue weighted by Crippen LogP contribution is 2.34. The van der Waals surface area contributed by atoms with Crippen molar-refractivity contribution in [3.05, 3.63) is 57.2 Å².